The van der Waals surface area contributed by atoms with Gasteiger partial charge in [0.05, 0.1) is 11.8 Å². The fraction of sp³-hybridized carbons (Fsp3) is 0.444. The summed E-state index contributed by atoms with van der Waals surface area (Å²) in [5.74, 6) is -0.179. The van der Waals surface area contributed by atoms with E-state index in [2.05, 4.69) is 22.0 Å². The molecule has 0 radical (unpaired) electrons. The number of aromatic amines is 1. The highest BCUT2D eigenvalue weighted by Crippen LogP contribution is 2.18. The Morgan fingerprint density at radius 1 is 1.21 bits per heavy atom. The Labute approximate surface area is 141 Å². The third kappa shape index (κ3) is 3.58. The van der Waals surface area contributed by atoms with Crippen molar-refractivity contribution in [2.75, 3.05) is 31.1 Å². The number of halogens is 1. The molecule has 6 heteroatoms. The number of hydrogen-bond acceptors (Lipinski definition) is 3. The molecule has 1 aliphatic heterocycles. The summed E-state index contributed by atoms with van der Waals surface area (Å²) in [6, 6.07) is 6.54. The van der Waals surface area contributed by atoms with Gasteiger partial charge in [0.1, 0.15) is 5.82 Å². The average Bonchev–Trinajstić information content (AvgIpc) is 2.90. The van der Waals surface area contributed by atoms with Crippen molar-refractivity contribution in [3.63, 3.8) is 0 Å². The van der Waals surface area contributed by atoms with Crippen LogP contribution in [0.25, 0.3) is 0 Å². The van der Waals surface area contributed by atoms with Crippen LogP contribution in [0.1, 0.15) is 35.8 Å². The van der Waals surface area contributed by atoms with Crippen molar-refractivity contribution >= 4 is 11.6 Å². The number of amides is 1. The minimum atomic E-state index is -0.228. The van der Waals surface area contributed by atoms with Crippen LogP contribution in [-0.4, -0.2) is 47.2 Å². The second-order valence-electron chi connectivity index (χ2n) is 6.12. The van der Waals surface area contributed by atoms with Crippen molar-refractivity contribution in [3.05, 3.63) is 47.5 Å². The van der Waals surface area contributed by atoms with Crippen LogP contribution in [0.4, 0.5) is 10.1 Å². The van der Waals surface area contributed by atoms with Gasteiger partial charge >= 0.3 is 0 Å². The highest BCUT2D eigenvalue weighted by molar-refractivity contribution is 5.95. The number of nitrogens with zero attached hydrogens (tertiary/aromatic N) is 3. The van der Waals surface area contributed by atoms with E-state index in [0.29, 0.717) is 12.1 Å². The quantitative estimate of drug-likeness (QED) is 0.938. The summed E-state index contributed by atoms with van der Waals surface area (Å²) >= 11 is 0. The van der Waals surface area contributed by atoms with Crippen LogP contribution in [0, 0.1) is 5.82 Å². The fourth-order valence-electron chi connectivity index (χ4n) is 3.14. The van der Waals surface area contributed by atoms with E-state index in [1.807, 2.05) is 4.90 Å². The van der Waals surface area contributed by atoms with Crippen molar-refractivity contribution in [3.8, 4) is 0 Å². The van der Waals surface area contributed by atoms with Crippen molar-refractivity contribution in [1.29, 1.82) is 0 Å². The van der Waals surface area contributed by atoms with E-state index in [-0.39, 0.29) is 11.7 Å². The summed E-state index contributed by atoms with van der Waals surface area (Å²) < 4.78 is 13.1. The van der Waals surface area contributed by atoms with E-state index in [0.717, 1.165) is 50.3 Å². The molecular weight excluding hydrogens is 307 g/mol. The van der Waals surface area contributed by atoms with Crippen LogP contribution >= 0.6 is 0 Å². The number of carbonyl (C=O) groups is 1. The zero-order chi connectivity index (χ0) is 16.9. The van der Waals surface area contributed by atoms with E-state index in [1.165, 1.54) is 12.1 Å². The molecule has 0 atom stereocenters. The molecule has 0 unspecified atom stereocenters. The second-order valence-corrected chi connectivity index (χ2v) is 6.12. The van der Waals surface area contributed by atoms with Crippen molar-refractivity contribution in [2.45, 2.75) is 26.2 Å². The number of rotatable bonds is 4. The SMILES string of the molecule is CCCc1[nH]ncc1C(=O)N1CCCN(c2ccc(F)cc2)CC1. The van der Waals surface area contributed by atoms with Gasteiger partial charge in [-0.1, -0.05) is 13.3 Å². The number of H-pyrrole nitrogens is 1. The molecule has 2 heterocycles. The normalized spacial score (nSPS) is 15.4. The number of nitrogens with one attached hydrogen (secondary N) is 1. The molecule has 0 spiro atoms. The van der Waals surface area contributed by atoms with Crippen molar-refractivity contribution < 1.29 is 9.18 Å². The zero-order valence-corrected chi connectivity index (χ0v) is 14.0. The maximum atomic E-state index is 13.1. The Morgan fingerprint density at radius 3 is 2.75 bits per heavy atom. The van der Waals surface area contributed by atoms with Crippen molar-refractivity contribution in [1.82, 2.24) is 15.1 Å². The molecule has 2 aromatic rings. The first-order valence-corrected chi connectivity index (χ1v) is 8.51. The van der Waals surface area contributed by atoms with Gasteiger partial charge in [-0.3, -0.25) is 9.89 Å². The number of benzene rings is 1. The molecule has 1 amide bonds. The largest absolute Gasteiger partial charge is 0.370 e. The van der Waals surface area contributed by atoms with Crippen LogP contribution in [-0.2, 0) is 6.42 Å². The lowest BCUT2D eigenvalue weighted by atomic mass is 10.1. The number of anilines is 1. The summed E-state index contributed by atoms with van der Waals surface area (Å²) in [7, 11) is 0. The zero-order valence-electron chi connectivity index (χ0n) is 14.0. The molecule has 5 nitrogen and oxygen atoms in total. The van der Waals surface area contributed by atoms with Crippen LogP contribution in [0.15, 0.2) is 30.5 Å². The molecular formula is C18H23FN4O. The van der Waals surface area contributed by atoms with Crippen LogP contribution < -0.4 is 4.90 Å². The van der Waals surface area contributed by atoms with E-state index in [9.17, 15) is 9.18 Å². The lowest BCUT2D eigenvalue weighted by Crippen LogP contribution is -2.35. The van der Waals surface area contributed by atoms with Gasteiger partial charge in [-0.25, -0.2) is 4.39 Å². The highest BCUT2D eigenvalue weighted by atomic mass is 19.1. The third-order valence-corrected chi connectivity index (χ3v) is 4.42. The number of aromatic nitrogens is 2. The maximum Gasteiger partial charge on any atom is 0.257 e. The molecule has 3 rings (SSSR count). The van der Waals surface area contributed by atoms with Gasteiger partial charge in [-0.05, 0) is 37.1 Å². The van der Waals surface area contributed by atoms with E-state index >= 15 is 0 Å². The van der Waals surface area contributed by atoms with Crippen LogP contribution in [0.2, 0.25) is 0 Å². The van der Waals surface area contributed by atoms with Crippen LogP contribution in [0.5, 0.6) is 0 Å². The topological polar surface area (TPSA) is 52.2 Å². The van der Waals surface area contributed by atoms with Gasteiger partial charge in [-0.15, -0.1) is 0 Å². The molecule has 0 bridgehead atoms. The summed E-state index contributed by atoms with van der Waals surface area (Å²) in [6.45, 7) is 5.09. The first-order valence-electron chi connectivity index (χ1n) is 8.51. The Balaban J connectivity index is 1.67. The Morgan fingerprint density at radius 2 is 2.00 bits per heavy atom. The third-order valence-electron chi connectivity index (χ3n) is 4.42. The van der Waals surface area contributed by atoms with Gasteiger partial charge in [0, 0.05) is 37.6 Å². The van der Waals surface area contributed by atoms with Gasteiger partial charge in [-0.2, -0.15) is 5.10 Å². The van der Waals surface area contributed by atoms with E-state index in [4.69, 9.17) is 0 Å². The number of hydrogen-bond donors (Lipinski definition) is 1. The summed E-state index contributed by atoms with van der Waals surface area (Å²) in [5.41, 5.74) is 2.61. The smallest absolute Gasteiger partial charge is 0.257 e. The van der Waals surface area contributed by atoms with E-state index in [1.54, 1.807) is 18.3 Å². The first-order chi connectivity index (χ1) is 11.7. The fourth-order valence-corrected chi connectivity index (χ4v) is 3.14. The van der Waals surface area contributed by atoms with Crippen molar-refractivity contribution in [2.24, 2.45) is 0 Å². The Kier molecular flexibility index (Phi) is 5.13. The van der Waals surface area contributed by atoms with Gasteiger partial charge in [0.25, 0.3) is 5.91 Å². The molecule has 1 saturated heterocycles. The minimum absolute atomic E-state index is 0.0492. The maximum absolute atomic E-state index is 13.1. The summed E-state index contributed by atoms with van der Waals surface area (Å²) in [6.07, 6.45) is 4.33. The Hall–Kier alpha value is -2.37. The predicted octanol–water partition coefficient (Wildman–Crippen LogP) is 2.85. The first kappa shape index (κ1) is 16.5. The molecule has 1 N–H and O–H groups in total. The average molecular weight is 330 g/mol. The molecule has 0 saturated carbocycles. The standard InChI is InChI=1S/C18H23FN4O/c1-2-4-17-16(13-20-21-17)18(24)23-10-3-9-22(11-12-23)15-7-5-14(19)6-8-15/h5-8,13H,2-4,9-12H2,1H3,(H,20,21). The second kappa shape index (κ2) is 7.47. The molecule has 128 valence electrons. The summed E-state index contributed by atoms with van der Waals surface area (Å²) in [5, 5.41) is 6.97. The minimum Gasteiger partial charge on any atom is -0.370 e. The molecule has 1 aromatic heterocycles. The monoisotopic (exact) mass is 330 g/mol. The van der Waals surface area contributed by atoms with Gasteiger partial charge in [0.15, 0.2) is 0 Å². The Bertz CT molecular complexity index is 683. The van der Waals surface area contributed by atoms with Crippen LogP contribution in [0.3, 0.4) is 0 Å². The highest BCUT2D eigenvalue weighted by Gasteiger charge is 2.23. The van der Waals surface area contributed by atoms with Gasteiger partial charge in [0.2, 0.25) is 0 Å². The molecule has 1 aromatic carbocycles. The summed E-state index contributed by atoms with van der Waals surface area (Å²) in [4.78, 5) is 16.9. The van der Waals surface area contributed by atoms with E-state index < -0.39 is 0 Å². The number of carbonyl (C=O) groups excluding carboxylic acids is 1. The molecule has 0 aliphatic carbocycles. The number of aryl methyl sites for hydroxylation is 1. The molecule has 1 aliphatic rings. The molecule has 1 fully saturated rings. The lowest BCUT2D eigenvalue weighted by Gasteiger charge is -2.23. The predicted molar refractivity (Wildman–Crippen MR) is 91.7 cm³/mol. The molecule has 24 heavy (non-hydrogen) atoms. The van der Waals surface area contributed by atoms with Gasteiger partial charge < -0.3 is 9.80 Å². The lowest BCUT2D eigenvalue weighted by molar-refractivity contribution is 0.0766.